The van der Waals surface area contributed by atoms with Crippen molar-refractivity contribution >= 4 is 57.9 Å². The SMILES string of the molecule is Cc1cc(Cl)ccc1OCC(=O)NC(=S)NNC(=S)Nc1ccccc1. The molecule has 4 N–H and O–H groups in total. The molecule has 0 aliphatic carbocycles. The number of thiocarbonyl (C=S) groups is 2. The molecule has 0 radical (unpaired) electrons. The van der Waals surface area contributed by atoms with Crippen LogP contribution in [-0.2, 0) is 4.79 Å². The first-order valence-corrected chi connectivity index (χ1v) is 8.74. The van der Waals surface area contributed by atoms with E-state index in [0.29, 0.717) is 15.9 Å². The molecule has 1 amide bonds. The number of aryl methyl sites for hydroxylation is 1. The lowest BCUT2D eigenvalue weighted by Crippen LogP contribution is -2.50. The maximum atomic E-state index is 11.9. The molecule has 9 heteroatoms. The summed E-state index contributed by atoms with van der Waals surface area (Å²) in [5.74, 6) is 0.176. The van der Waals surface area contributed by atoms with E-state index in [4.69, 9.17) is 40.8 Å². The Morgan fingerprint density at radius 1 is 1.08 bits per heavy atom. The normalized spacial score (nSPS) is 9.77. The van der Waals surface area contributed by atoms with Gasteiger partial charge in [0.2, 0.25) is 0 Å². The topological polar surface area (TPSA) is 74.4 Å². The Labute approximate surface area is 167 Å². The van der Waals surface area contributed by atoms with Gasteiger partial charge in [0.15, 0.2) is 16.8 Å². The van der Waals surface area contributed by atoms with Crippen LogP contribution in [0.25, 0.3) is 0 Å². The molecule has 0 aliphatic rings. The number of carbonyl (C=O) groups excluding carboxylic acids is 1. The van der Waals surface area contributed by atoms with E-state index in [0.717, 1.165) is 11.3 Å². The summed E-state index contributed by atoms with van der Waals surface area (Å²) in [6.07, 6.45) is 0. The number of hydrazine groups is 1. The number of hydrogen-bond acceptors (Lipinski definition) is 4. The third-order valence-corrected chi connectivity index (χ3v) is 3.71. The fourth-order valence-corrected chi connectivity index (χ4v) is 2.47. The zero-order valence-corrected chi connectivity index (χ0v) is 16.2. The number of anilines is 1. The molecule has 0 aliphatic heterocycles. The van der Waals surface area contributed by atoms with Crippen LogP contribution in [0, 0.1) is 6.92 Å². The van der Waals surface area contributed by atoms with Crippen LogP contribution in [0.1, 0.15) is 5.56 Å². The highest BCUT2D eigenvalue weighted by Gasteiger charge is 2.07. The number of para-hydroxylation sites is 1. The number of rotatable bonds is 4. The van der Waals surface area contributed by atoms with Crippen LogP contribution in [0.3, 0.4) is 0 Å². The van der Waals surface area contributed by atoms with Gasteiger partial charge in [0, 0.05) is 10.7 Å². The van der Waals surface area contributed by atoms with Gasteiger partial charge in [0.05, 0.1) is 0 Å². The van der Waals surface area contributed by atoms with E-state index in [2.05, 4.69) is 21.5 Å². The number of benzene rings is 2. The summed E-state index contributed by atoms with van der Waals surface area (Å²) in [6, 6.07) is 14.5. The van der Waals surface area contributed by atoms with Crippen molar-refractivity contribution in [3.05, 3.63) is 59.1 Å². The van der Waals surface area contributed by atoms with Gasteiger partial charge >= 0.3 is 0 Å². The van der Waals surface area contributed by atoms with E-state index in [9.17, 15) is 4.79 Å². The highest BCUT2D eigenvalue weighted by atomic mass is 35.5. The first-order valence-electron chi connectivity index (χ1n) is 7.55. The number of ether oxygens (including phenoxy) is 1. The molecule has 136 valence electrons. The van der Waals surface area contributed by atoms with Crippen LogP contribution < -0.4 is 26.2 Å². The summed E-state index contributed by atoms with van der Waals surface area (Å²) < 4.78 is 5.44. The van der Waals surface area contributed by atoms with Crippen LogP contribution in [0.4, 0.5) is 5.69 Å². The largest absolute Gasteiger partial charge is 0.483 e. The van der Waals surface area contributed by atoms with Gasteiger partial charge in [-0.2, -0.15) is 0 Å². The Morgan fingerprint density at radius 3 is 2.46 bits per heavy atom. The zero-order valence-electron chi connectivity index (χ0n) is 13.8. The standard InChI is InChI=1S/C17H17ClN4O2S2/c1-11-9-12(18)7-8-14(11)24-10-15(23)20-17(26)22-21-16(25)19-13-5-3-2-4-6-13/h2-9H,10H2,1H3,(H2,19,21,25)(H2,20,22,23,26). The van der Waals surface area contributed by atoms with Crippen molar-refractivity contribution in [3.8, 4) is 5.75 Å². The van der Waals surface area contributed by atoms with Gasteiger partial charge in [0.1, 0.15) is 5.75 Å². The van der Waals surface area contributed by atoms with Gasteiger partial charge < -0.3 is 10.1 Å². The second kappa shape index (κ2) is 9.91. The highest BCUT2D eigenvalue weighted by molar-refractivity contribution is 7.80. The molecule has 0 fully saturated rings. The quantitative estimate of drug-likeness (QED) is 0.458. The number of halogens is 1. The van der Waals surface area contributed by atoms with Crippen LogP contribution in [0.5, 0.6) is 5.75 Å². The molecule has 0 atom stereocenters. The Bertz CT molecular complexity index is 803. The molecule has 0 spiro atoms. The van der Waals surface area contributed by atoms with Gasteiger partial charge in [-0.3, -0.25) is 21.0 Å². The number of nitrogens with one attached hydrogen (secondary N) is 4. The van der Waals surface area contributed by atoms with E-state index in [1.807, 2.05) is 37.3 Å². The number of amides is 1. The second-order valence-electron chi connectivity index (χ2n) is 5.15. The molecule has 0 saturated heterocycles. The Morgan fingerprint density at radius 2 is 1.77 bits per heavy atom. The van der Waals surface area contributed by atoms with Gasteiger partial charge in [-0.05, 0) is 67.3 Å². The summed E-state index contributed by atoms with van der Waals surface area (Å²) in [7, 11) is 0. The maximum absolute atomic E-state index is 11.9. The molecule has 2 aromatic carbocycles. The number of carbonyl (C=O) groups is 1. The molecule has 26 heavy (non-hydrogen) atoms. The fraction of sp³-hybridized carbons (Fsp3) is 0.118. The molecule has 2 rings (SSSR count). The van der Waals surface area contributed by atoms with Crippen molar-refractivity contribution < 1.29 is 9.53 Å². The summed E-state index contributed by atoms with van der Waals surface area (Å²) >= 11 is 16.0. The van der Waals surface area contributed by atoms with Crippen molar-refractivity contribution in [1.82, 2.24) is 16.2 Å². The van der Waals surface area contributed by atoms with Gasteiger partial charge in [-0.1, -0.05) is 29.8 Å². The van der Waals surface area contributed by atoms with E-state index in [-0.39, 0.29) is 11.7 Å². The lowest BCUT2D eigenvalue weighted by atomic mass is 10.2. The van der Waals surface area contributed by atoms with E-state index in [1.165, 1.54) is 0 Å². The van der Waals surface area contributed by atoms with E-state index < -0.39 is 5.91 Å². The van der Waals surface area contributed by atoms with Gasteiger partial charge in [0.25, 0.3) is 5.91 Å². The lowest BCUT2D eigenvalue weighted by Gasteiger charge is -2.14. The average molecular weight is 409 g/mol. The molecule has 0 bridgehead atoms. The highest BCUT2D eigenvalue weighted by Crippen LogP contribution is 2.21. The summed E-state index contributed by atoms with van der Waals surface area (Å²) in [4.78, 5) is 11.9. The second-order valence-corrected chi connectivity index (χ2v) is 6.40. The Kier molecular flexibility index (Phi) is 7.58. The molecule has 0 saturated carbocycles. The minimum Gasteiger partial charge on any atom is -0.483 e. The Hall–Kier alpha value is -2.42. The average Bonchev–Trinajstić information content (AvgIpc) is 2.60. The predicted octanol–water partition coefficient (Wildman–Crippen LogP) is 2.92. The van der Waals surface area contributed by atoms with Crippen molar-refractivity contribution in [3.63, 3.8) is 0 Å². The summed E-state index contributed by atoms with van der Waals surface area (Å²) in [6.45, 7) is 1.66. The minimum absolute atomic E-state index is 0.0728. The van der Waals surface area contributed by atoms with Gasteiger partial charge in [-0.25, -0.2) is 0 Å². The van der Waals surface area contributed by atoms with Crippen LogP contribution in [0.2, 0.25) is 5.02 Å². The molecule has 0 unspecified atom stereocenters. The fourth-order valence-electron chi connectivity index (χ4n) is 1.91. The first-order chi connectivity index (χ1) is 12.4. The smallest absolute Gasteiger partial charge is 0.264 e. The molecule has 0 aromatic heterocycles. The molecular formula is C17H17ClN4O2S2. The zero-order chi connectivity index (χ0) is 18.9. The Balaban J connectivity index is 1.70. The minimum atomic E-state index is -0.402. The van der Waals surface area contributed by atoms with Crippen LogP contribution in [-0.4, -0.2) is 22.7 Å². The molecule has 6 nitrogen and oxygen atoms in total. The maximum Gasteiger partial charge on any atom is 0.264 e. The van der Waals surface area contributed by atoms with Crippen LogP contribution >= 0.6 is 36.0 Å². The third kappa shape index (κ3) is 6.83. The number of hydrogen-bond donors (Lipinski definition) is 4. The summed E-state index contributed by atoms with van der Waals surface area (Å²) in [5, 5.41) is 6.43. The first kappa shape index (κ1) is 19.9. The third-order valence-electron chi connectivity index (χ3n) is 3.07. The van der Waals surface area contributed by atoms with Crippen molar-refractivity contribution in [2.24, 2.45) is 0 Å². The van der Waals surface area contributed by atoms with Gasteiger partial charge in [-0.15, -0.1) is 0 Å². The van der Waals surface area contributed by atoms with E-state index in [1.54, 1.807) is 18.2 Å². The predicted molar refractivity (Wildman–Crippen MR) is 111 cm³/mol. The molecule has 2 aromatic rings. The van der Waals surface area contributed by atoms with Crippen molar-refractivity contribution in [2.75, 3.05) is 11.9 Å². The summed E-state index contributed by atoms with van der Waals surface area (Å²) in [5.41, 5.74) is 6.97. The molecular weight excluding hydrogens is 392 g/mol. The van der Waals surface area contributed by atoms with E-state index >= 15 is 0 Å². The monoisotopic (exact) mass is 408 g/mol. The lowest BCUT2D eigenvalue weighted by molar-refractivity contribution is -0.121. The van der Waals surface area contributed by atoms with Crippen molar-refractivity contribution in [2.45, 2.75) is 6.92 Å². The van der Waals surface area contributed by atoms with Crippen molar-refractivity contribution in [1.29, 1.82) is 0 Å². The molecule has 0 heterocycles. The van der Waals surface area contributed by atoms with Crippen LogP contribution in [0.15, 0.2) is 48.5 Å².